The monoisotopic (exact) mass is 280 g/mol. The smallest absolute Gasteiger partial charge is 0.241 e. The molecule has 2 aromatic rings. The molecule has 6 nitrogen and oxygen atoms in total. The van der Waals surface area contributed by atoms with Crippen LogP contribution in [0.2, 0.25) is 0 Å². The van der Waals surface area contributed by atoms with Crippen molar-refractivity contribution in [2.45, 2.75) is 6.92 Å². The van der Waals surface area contributed by atoms with E-state index in [-0.39, 0.29) is 12.5 Å². The fraction of sp³-hybridized carbons (Fsp3) is 0.417. The summed E-state index contributed by atoms with van der Waals surface area (Å²) in [6.07, 6.45) is 2.59. The van der Waals surface area contributed by atoms with Crippen LogP contribution in [0.5, 0.6) is 0 Å². The van der Waals surface area contributed by atoms with Gasteiger partial charge in [-0.3, -0.25) is 14.0 Å². The van der Waals surface area contributed by atoms with Crippen molar-refractivity contribution in [3.05, 3.63) is 17.3 Å². The van der Waals surface area contributed by atoms with Crippen LogP contribution < -0.4 is 4.90 Å². The van der Waals surface area contributed by atoms with Gasteiger partial charge in [0.1, 0.15) is 5.69 Å². The van der Waals surface area contributed by atoms with E-state index in [0.717, 1.165) is 11.2 Å². The van der Waals surface area contributed by atoms with Crippen LogP contribution in [0, 0.1) is 0 Å². The Morgan fingerprint density at radius 2 is 2.26 bits per heavy atom. The van der Waals surface area contributed by atoms with Gasteiger partial charge in [0.05, 0.1) is 6.54 Å². The highest BCUT2D eigenvalue weighted by Crippen LogP contribution is 2.23. The molecular weight excluding hydrogens is 264 g/mol. The number of likely N-dealkylation sites (N-methyl/N-ethyl adjacent to an activating group) is 2. The maximum Gasteiger partial charge on any atom is 0.241 e. The van der Waals surface area contributed by atoms with Crippen LogP contribution in [-0.4, -0.2) is 53.7 Å². The molecule has 0 saturated carbocycles. The van der Waals surface area contributed by atoms with E-state index in [1.165, 1.54) is 16.2 Å². The van der Waals surface area contributed by atoms with Crippen LogP contribution in [0.3, 0.4) is 0 Å². The highest BCUT2D eigenvalue weighted by atomic mass is 32.1. The van der Waals surface area contributed by atoms with Gasteiger partial charge in [0, 0.05) is 32.2 Å². The molecule has 0 saturated heterocycles. The van der Waals surface area contributed by atoms with Crippen molar-refractivity contribution in [3.8, 4) is 0 Å². The number of fused-ring (bicyclic) bond motifs is 1. The molecule has 0 unspecified atom stereocenters. The number of anilines is 1. The molecule has 0 aromatic carbocycles. The van der Waals surface area contributed by atoms with E-state index in [9.17, 15) is 9.59 Å². The fourth-order valence-electron chi connectivity index (χ4n) is 1.78. The summed E-state index contributed by atoms with van der Waals surface area (Å²) in [7, 11) is 3.42. The number of aromatic nitrogens is 2. The lowest BCUT2D eigenvalue weighted by Crippen LogP contribution is -2.37. The summed E-state index contributed by atoms with van der Waals surface area (Å²) >= 11 is 1.46. The molecule has 0 fully saturated rings. The number of carbonyl (C=O) groups excluding carboxylic acids is 2. The average Bonchev–Trinajstić information content (AvgIpc) is 2.95. The molecule has 2 aromatic heterocycles. The number of hydrogen-bond acceptors (Lipinski definition) is 5. The lowest BCUT2D eigenvalue weighted by atomic mass is 10.3. The molecule has 0 radical (unpaired) electrons. The van der Waals surface area contributed by atoms with Gasteiger partial charge in [-0.25, -0.2) is 4.98 Å². The molecule has 0 aliphatic heterocycles. The number of nitrogens with zero attached hydrogens (tertiary/aromatic N) is 4. The summed E-state index contributed by atoms with van der Waals surface area (Å²) in [5.41, 5.74) is 0.490. The first-order valence-corrected chi connectivity index (χ1v) is 6.82. The zero-order chi connectivity index (χ0) is 14.0. The van der Waals surface area contributed by atoms with Crippen LogP contribution in [-0.2, 0) is 4.79 Å². The molecule has 0 atom stereocenters. The Morgan fingerprint density at radius 3 is 2.84 bits per heavy atom. The zero-order valence-electron chi connectivity index (χ0n) is 11.2. The van der Waals surface area contributed by atoms with E-state index in [0.29, 0.717) is 18.1 Å². The van der Waals surface area contributed by atoms with Crippen LogP contribution in [0.1, 0.15) is 17.4 Å². The molecule has 0 N–H and O–H groups in total. The zero-order valence-corrected chi connectivity index (χ0v) is 12.0. The Bertz CT molecular complexity index is 602. The first kappa shape index (κ1) is 13.5. The third-order valence-corrected chi connectivity index (χ3v) is 3.65. The quantitative estimate of drug-likeness (QED) is 0.770. The van der Waals surface area contributed by atoms with Crippen LogP contribution in [0.4, 0.5) is 5.82 Å². The van der Waals surface area contributed by atoms with E-state index in [2.05, 4.69) is 4.98 Å². The third-order valence-electron chi connectivity index (χ3n) is 2.90. The number of hydrogen-bond donors (Lipinski definition) is 0. The fourth-order valence-corrected chi connectivity index (χ4v) is 2.49. The Labute approximate surface area is 115 Å². The van der Waals surface area contributed by atoms with Crippen LogP contribution in [0.15, 0.2) is 11.6 Å². The maximum absolute atomic E-state index is 11.8. The Balaban J connectivity index is 2.37. The minimum absolute atomic E-state index is 0.0185. The van der Waals surface area contributed by atoms with Crippen molar-refractivity contribution < 1.29 is 9.59 Å². The Kier molecular flexibility index (Phi) is 3.84. The summed E-state index contributed by atoms with van der Waals surface area (Å²) in [4.78, 5) is 31.6. The van der Waals surface area contributed by atoms with Crippen molar-refractivity contribution >= 4 is 34.3 Å². The number of thiazole rings is 1. The van der Waals surface area contributed by atoms with Crippen molar-refractivity contribution in [2.75, 3.05) is 32.1 Å². The van der Waals surface area contributed by atoms with Crippen molar-refractivity contribution in [2.24, 2.45) is 0 Å². The van der Waals surface area contributed by atoms with Crippen LogP contribution >= 0.6 is 11.3 Å². The van der Waals surface area contributed by atoms with Crippen molar-refractivity contribution in [1.82, 2.24) is 14.3 Å². The molecule has 19 heavy (non-hydrogen) atoms. The normalized spacial score (nSPS) is 10.7. The third kappa shape index (κ3) is 2.46. The van der Waals surface area contributed by atoms with Gasteiger partial charge in [0.15, 0.2) is 17.1 Å². The summed E-state index contributed by atoms with van der Waals surface area (Å²) in [5.74, 6) is 0.551. The standard InChI is InChI=1S/C12H16N4O2S/c1-4-15(7-10(18)14(2)3)11-9(8-17)16-5-6-19-12(16)13-11/h5-6,8H,4,7H2,1-3H3. The topological polar surface area (TPSA) is 57.9 Å². The summed E-state index contributed by atoms with van der Waals surface area (Å²) in [6, 6.07) is 0. The van der Waals surface area contributed by atoms with Gasteiger partial charge < -0.3 is 9.80 Å². The SMILES string of the molecule is CCN(CC(=O)N(C)C)c1nc2sccn2c1C=O. The molecular formula is C12H16N4O2S. The number of rotatable bonds is 5. The number of carbonyl (C=O) groups is 2. The first-order valence-electron chi connectivity index (χ1n) is 5.94. The van der Waals surface area contributed by atoms with Crippen molar-refractivity contribution in [1.29, 1.82) is 0 Å². The molecule has 0 aliphatic carbocycles. The molecule has 1 amide bonds. The summed E-state index contributed by atoms with van der Waals surface area (Å²) < 4.78 is 1.75. The maximum atomic E-state index is 11.8. The Morgan fingerprint density at radius 1 is 1.53 bits per heavy atom. The van der Waals surface area contributed by atoms with Gasteiger partial charge in [0.25, 0.3) is 0 Å². The first-order chi connectivity index (χ1) is 9.08. The molecule has 102 valence electrons. The number of amides is 1. The second-order valence-corrected chi connectivity index (χ2v) is 5.17. The minimum Gasteiger partial charge on any atom is -0.347 e. The predicted molar refractivity (Wildman–Crippen MR) is 75.0 cm³/mol. The van der Waals surface area contributed by atoms with Gasteiger partial charge in [-0.05, 0) is 6.92 Å². The van der Waals surface area contributed by atoms with E-state index >= 15 is 0 Å². The largest absolute Gasteiger partial charge is 0.347 e. The van der Waals surface area contributed by atoms with E-state index in [1.54, 1.807) is 18.5 Å². The van der Waals surface area contributed by atoms with E-state index < -0.39 is 0 Å². The lowest BCUT2D eigenvalue weighted by Gasteiger charge is -2.22. The van der Waals surface area contributed by atoms with Gasteiger partial charge in [-0.1, -0.05) is 0 Å². The van der Waals surface area contributed by atoms with Gasteiger partial charge in [0.2, 0.25) is 5.91 Å². The van der Waals surface area contributed by atoms with E-state index in [4.69, 9.17) is 0 Å². The van der Waals surface area contributed by atoms with E-state index in [1.807, 2.05) is 23.4 Å². The second-order valence-electron chi connectivity index (χ2n) is 4.30. The van der Waals surface area contributed by atoms with Crippen molar-refractivity contribution in [3.63, 3.8) is 0 Å². The molecule has 7 heteroatoms. The molecule has 2 heterocycles. The average molecular weight is 280 g/mol. The molecule has 2 rings (SSSR count). The van der Waals surface area contributed by atoms with Gasteiger partial charge in [-0.2, -0.15) is 0 Å². The van der Waals surface area contributed by atoms with Crippen LogP contribution in [0.25, 0.3) is 4.96 Å². The highest BCUT2D eigenvalue weighted by Gasteiger charge is 2.20. The summed E-state index contributed by atoms with van der Waals surface area (Å²) in [6.45, 7) is 2.77. The lowest BCUT2D eigenvalue weighted by molar-refractivity contribution is -0.127. The molecule has 0 aliphatic rings. The van der Waals surface area contributed by atoms with Gasteiger partial charge in [-0.15, -0.1) is 11.3 Å². The predicted octanol–water partition coefficient (Wildman–Crippen LogP) is 1.12. The minimum atomic E-state index is -0.0185. The Hall–Kier alpha value is -1.89. The molecule has 0 bridgehead atoms. The van der Waals surface area contributed by atoms with Gasteiger partial charge >= 0.3 is 0 Å². The highest BCUT2D eigenvalue weighted by molar-refractivity contribution is 7.15. The number of imidazole rings is 1. The summed E-state index contributed by atoms with van der Waals surface area (Å²) in [5, 5.41) is 1.88. The number of aldehydes is 1. The molecule has 0 spiro atoms. The second kappa shape index (κ2) is 5.40.